The molecule has 0 fully saturated rings. The predicted molar refractivity (Wildman–Crippen MR) is 108 cm³/mol. The molecule has 1 aromatic rings. The van der Waals surface area contributed by atoms with E-state index in [-0.39, 0.29) is 11.9 Å². The molecular formula is C21H35N3O. The SMILES string of the molecule is C=C/C(=C\CN)CCNC(=O)CCCC(N)Cc1ccccc1.CC. The van der Waals surface area contributed by atoms with Crippen LogP contribution in [0.15, 0.2) is 54.6 Å². The second kappa shape index (κ2) is 15.6. The number of hydrogen-bond acceptors (Lipinski definition) is 3. The highest BCUT2D eigenvalue weighted by Gasteiger charge is 2.06. The Labute approximate surface area is 153 Å². The van der Waals surface area contributed by atoms with Crippen LogP contribution in [0, 0.1) is 0 Å². The minimum atomic E-state index is 0.0769. The maximum Gasteiger partial charge on any atom is 0.220 e. The zero-order valence-electron chi connectivity index (χ0n) is 15.8. The van der Waals surface area contributed by atoms with E-state index >= 15 is 0 Å². The summed E-state index contributed by atoms with van der Waals surface area (Å²) < 4.78 is 0. The Morgan fingerprint density at radius 1 is 1.24 bits per heavy atom. The number of rotatable bonds is 11. The molecule has 0 heterocycles. The number of amides is 1. The van der Waals surface area contributed by atoms with Crippen LogP contribution in [0.1, 0.15) is 45.1 Å². The summed E-state index contributed by atoms with van der Waals surface area (Å²) in [7, 11) is 0. The van der Waals surface area contributed by atoms with E-state index in [1.54, 1.807) is 6.08 Å². The average molecular weight is 346 g/mol. The van der Waals surface area contributed by atoms with Crippen molar-refractivity contribution in [2.75, 3.05) is 13.1 Å². The number of benzene rings is 1. The van der Waals surface area contributed by atoms with Crippen LogP contribution in [0.4, 0.5) is 0 Å². The summed E-state index contributed by atoms with van der Waals surface area (Å²) in [5.41, 5.74) is 13.9. The van der Waals surface area contributed by atoms with Crippen molar-refractivity contribution in [2.45, 2.75) is 52.0 Å². The van der Waals surface area contributed by atoms with Gasteiger partial charge >= 0.3 is 0 Å². The first-order chi connectivity index (χ1) is 12.2. The van der Waals surface area contributed by atoms with Gasteiger partial charge in [0.25, 0.3) is 0 Å². The molecule has 4 heteroatoms. The summed E-state index contributed by atoms with van der Waals surface area (Å²) in [6.45, 7) is 8.84. The summed E-state index contributed by atoms with van der Waals surface area (Å²) >= 11 is 0. The molecule has 140 valence electrons. The highest BCUT2D eigenvalue weighted by atomic mass is 16.1. The minimum absolute atomic E-state index is 0.0769. The van der Waals surface area contributed by atoms with Crippen LogP contribution in [0.5, 0.6) is 0 Å². The second-order valence-electron chi connectivity index (χ2n) is 5.66. The van der Waals surface area contributed by atoms with Gasteiger partial charge in [-0.2, -0.15) is 0 Å². The van der Waals surface area contributed by atoms with E-state index in [2.05, 4.69) is 24.0 Å². The van der Waals surface area contributed by atoms with Crippen LogP contribution in [-0.4, -0.2) is 25.0 Å². The smallest absolute Gasteiger partial charge is 0.220 e. The molecule has 0 radical (unpaired) electrons. The van der Waals surface area contributed by atoms with Gasteiger partial charge in [0, 0.05) is 25.6 Å². The Bertz CT molecular complexity index is 497. The summed E-state index contributed by atoms with van der Waals surface area (Å²) in [5.74, 6) is 0.0769. The van der Waals surface area contributed by atoms with Gasteiger partial charge in [-0.05, 0) is 36.8 Å². The van der Waals surface area contributed by atoms with Crippen LogP contribution in [-0.2, 0) is 11.2 Å². The quantitative estimate of drug-likeness (QED) is 0.538. The van der Waals surface area contributed by atoms with Gasteiger partial charge in [-0.3, -0.25) is 4.79 Å². The van der Waals surface area contributed by atoms with E-state index < -0.39 is 0 Å². The van der Waals surface area contributed by atoms with Gasteiger partial charge < -0.3 is 16.8 Å². The van der Waals surface area contributed by atoms with Crippen molar-refractivity contribution in [3.8, 4) is 0 Å². The molecule has 0 aromatic heterocycles. The third-order valence-electron chi connectivity index (χ3n) is 3.70. The van der Waals surface area contributed by atoms with E-state index in [0.29, 0.717) is 19.5 Å². The van der Waals surface area contributed by atoms with Crippen LogP contribution in [0.3, 0.4) is 0 Å². The molecule has 25 heavy (non-hydrogen) atoms. The lowest BCUT2D eigenvalue weighted by Crippen LogP contribution is -2.26. The summed E-state index contributed by atoms with van der Waals surface area (Å²) in [6.07, 6.45) is 7.50. The highest BCUT2D eigenvalue weighted by Crippen LogP contribution is 2.07. The third kappa shape index (κ3) is 12.1. The summed E-state index contributed by atoms with van der Waals surface area (Å²) in [6, 6.07) is 10.3. The highest BCUT2D eigenvalue weighted by molar-refractivity contribution is 5.75. The molecule has 1 aromatic carbocycles. The van der Waals surface area contributed by atoms with Crippen molar-refractivity contribution >= 4 is 5.91 Å². The fourth-order valence-corrected chi connectivity index (χ4v) is 2.42. The van der Waals surface area contributed by atoms with Gasteiger partial charge in [-0.15, -0.1) is 0 Å². The van der Waals surface area contributed by atoms with Crippen LogP contribution in [0.25, 0.3) is 0 Å². The molecule has 0 aliphatic heterocycles. The molecule has 1 atom stereocenters. The number of carbonyl (C=O) groups excluding carboxylic acids is 1. The van der Waals surface area contributed by atoms with Gasteiger partial charge in [-0.25, -0.2) is 0 Å². The van der Waals surface area contributed by atoms with Crippen LogP contribution in [0.2, 0.25) is 0 Å². The zero-order valence-corrected chi connectivity index (χ0v) is 15.8. The molecule has 0 spiro atoms. The number of carbonyl (C=O) groups is 1. The first-order valence-corrected chi connectivity index (χ1v) is 9.23. The van der Waals surface area contributed by atoms with Gasteiger partial charge in [0.1, 0.15) is 0 Å². The second-order valence-corrected chi connectivity index (χ2v) is 5.66. The summed E-state index contributed by atoms with van der Waals surface area (Å²) in [4.78, 5) is 11.8. The first kappa shape index (κ1) is 23.1. The fourth-order valence-electron chi connectivity index (χ4n) is 2.42. The Morgan fingerprint density at radius 3 is 2.52 bits per heavy atom. The molecule has 4 nitrogen and oxygen atoms in total. The van der Waals surface area contributed by atoms with Crippen molar-refractivity contribution in [3.63, 3.8) is 0 Å². The lowest BCUT2D eigenvalue weighted by molar-refractivity contribution is -0.121. The van der Waals surface area contributed by atoms with Gasteiger partial charge in [0.15, 0.2) is 0 Å². The topological polar surface area (TPSA) is 81.1 Å². The number of nitrogens with one attached hydrogen (secondary N) is 1. The van der Waals surface area contributed by atoms with Crippen molar-refractivity contribution in [3.05, 3.63) is 60.2 Å². The first-order valence-electron chi connectivity index (χ1n) is 9.23. The predicted octanol–water partition coefficient (Wildman–Crippen LogP) is 3.33. The molecule has 0 aliphatic rings. The van der Waals surface area contributed by atoms with Gasteiger partial charge in [0.05, 0.1) is 0 Å². The Hall–Kier alpha value is -1.91. The van der Waals surface area contributed by atoms with E-state index in [4.69, 9.17) is 11.5 Å². The zero-order chi connectivity index (χ0) is 18.9. The van der Waals surface area contributed by atoms with Crippen molar-refractivity contribution in [1.29, 1.82) is 0 Å². The molecule has 1 unspecified atom stereocenters. The van der Waals surface area contributed by atoms with E-state index in [9.17, 15) is 4.79 Å². The molecule has 0 aliphatic carbocycles. The monoisotopic (exact) mass is 345 g/mol. The van der Waals surface area contributed by atoms with E-state index in [1.807, 2.05) is 38.1 Å². The largest absolute Gasteiger partial charge is 0.356 e. The maximum absolute atomic E-state index is 11.8. The number of hydrogen-bond donors (Lipinski definition) is 3. The van der Waals surface area contributed by atoms with Crippen LogP contribution >= 0.6 is 0 Å². The molecule has 0 saturated heterocycles. The fraction of sp³-hybridized carbons (Fsp3) is 0.476. The number of nitrogens with two attached hydrogens (primary N) is 2. The Balaban J connectivity index is 0.00000277. The Kier molecular flexibility index (Phi) is 14.4. The molecule has 1 amide bonds. The van der Waals surface area contributed by atoms with Crippen LogP contribution < -0.4 is 16.8 Å². The lowest BCUT2D eigenvalue weighted by atomic mass is 10.0. The van der Waals surface area contributed by atoms with Gasteiger partial charge in [0.2, 0.25) is 5.91 Å². The molecule has 0 saturated carbocycles. The maximum atomic E-state index is 11.8. The van der Waals surface area contributed by atoms with Crippen molar-refractivity contribution in [1.82, 2.24) is 5.32 Å². The average Bonchev–Trinajstić information content (AvgIpc) is 2.63. The normalized spacial score (nSPS) is 11.9. The number of allylic oxidation sites excluding steroid dienone is 1. The molecule has 5 N–H and O–H groups in total. The molecule has 1 rings (SSSR count). The Morgan fingerprint density at radius 2 is 1.92 bits per heavy atom. The molecule has 0 bridgehead atoms. The standard InChI is InChI=1S/C19H29N3O.C2H6/c1-2-16(11-13-20)12-14-22-19(23)10-6-9-18(21)15-17-7-4-3-5-8-17;1-2/h2-5,7-8,11,18H,1,6,9-10,12-15,20-21H2,(H,22,23);1-2H3/b16-11+;. The van der Waals surface area contributed by atoms with E-state index in [0.717, 1.165) is 31.3 Å². The lowest BCUT2D eigenvalue weighted by Gasteiger charge is -2.11. The van der Waals surface area contributed by atoms with Crippen molar-refractivity contribution < 1.29 is 4.79 Å². The van der Waals surface area contributed by atoms with Crippen molar-refractivity contribution in [2.24, 2.45) is 11.5 Å². The minimum Gasteiger partial charge on any atom is -0.356 e. The summed E-state index contributed by atoms with van der Waals surface area (Å²) in [5, 5.41) is 2.92. The molecular weight excluding hydrogens is 310 g/mol. The third-order valence-corrected chi connectivity index (χ3v) is 3.70. The van der Waals surface area contributed by atoms with E-state index in [1.165, 1.54) is 5.56 Å². The van der Waals surface area contributed by atoms with Gasteiger partial charge in [-0.1, -0.05) is 62.9 Å².